The Morgan fingerprint density at radius 3 is 2.81 bits per heavy atom. The molecule has 0 unspecified atom stereocenters. The summed E-state index contributed by atoms with van der Waals surface area (Å²) >= 11 is 0. The van der Waals surface area contributed by atoms with Gasteiger partial charge >= 0.3 is 0 Å². The average Bonchev–Trinajstić information content (AvgIpc) is 2.47. The number of hydrogen-bond acceptors (Lipinski definition) is 3. The first kappa shape index (κ1) is 14.6. The molecular formula is C16H15N3O2. The van der Waals surface area contributed by atoms with E-state index in [1.807, 2.05) is 13.0 Å². The summed E-state index contributed by atoms with van der Waals surface area (Å²) in [6.07, 6.45) is 0. The first-order valence-electron chi connectivity index (χ1n) is 6.40. The van der Waals surface area contributed by atoms with Crippen molar-refractivity contribution < 1.29 is 4.79 Å². The number of carbonyl (C=O) groups is 1. The van der Waals surface area contributed by atoms with Crippen molar-refractivity contribution in [2.45, 2.75) is 6.92 Å². The molecule has 0 atom stereocenters. The first-order chi connectivity index (χ1) is 10.1. The SMILES string of the molecule is Cc1cc(C#CCN)ccc1NC(=O)c1cccc(=O)[nH]1. The summed E-state index contributed by atoms with van der Waals surface area (Å²) in [5.74, 6) is 5.34. The van der Waals surface area contributed by atoms with E-state index in [-0.39, 0.29) is 17.2 Å². The summed E-state index contributed by atoms with van der Waals surface area (Å²) in [6.45, 7) is 2.18. The molecule has 21 heavy (non-hydrogen) atoms. The molecule has 0 aliphatic heterocycles. The predicted octanol–water partition coefficient (Wildman–Crippen LogP) is 1.25. The molecule has 0 saturated heterocycles. The fraction of sp³-hybridized carbons (Fsp3) is 0.125. The van der Waals surface area contributed by atoms with Crippen LogP contribution in [0, 0.1) is 18.8 Å². The van der Waals surface area contributed by atoms with E-state index in [1.54, 1.807) is 18.2 Å². The Balaban J connectivity index is 2.20. The summed E-state index contributed by atoms with van der Waals surface area (Å²) in [4.78, 5) is 25.7. The highest BCUT2D eigenvalue weighted by Gasteiger charge is 2.08. The molecule has 0 fully saturated rings. The number of aromatic amines is 1. The van der Waals surface area contributed by atoms with E-state index in [1.165, 1.54) is 12.1 Å². The van der Waals surface area contributed by atoms with Gasteiger partial charge in [0, 0.05) is 17.3 Å². The van der Waals surface area contributed by atoms with Crippen LogP contribution in [0.25, 0.3) is 0 Å². The van der Waals surface area contributed by atoms with E-state index in [0.29, 0.717) is 12.2 Å². The average molecular weight is 281 g/mol. The van der Waals surface area contributed by atoms with Crippen LogP contribution in [-0.4, -0.2) is 17.4 Å². The van der Waals surface area contributed by atoms with Gasteiger partial charge in [-0.05, 0) is 36.8 Å². The van der Waals surface area contributed by atoms with Crippen molar-refractivity contribution >= 4 is 11.6 Å². The van der Waals surface area contributed by atoms with Gasteiger partial charge in [-0.3, -0.25) is 9.59 Å². The molecule has 0 radical (unpaired) electrons. The number of aryl methyl sites for hydroxylation is 1. The lowest BCUT2D eigenvalue weighted by atomic mass is 10.1. The Labute approximate surface area is 122 Å². The molecule has 5 nitrogen and oxygen atoms in total. The second kappa shape index (κ2) is 6.55. The quantitative estimate of drug-likeness (QED) is 0.724. The van der Waals surface area contributed by atoms with Crippen molar-refractivity contribution in [1.82, 2.24) is 4.98 Å². The maximum absolute atomic E-state index is 12.0. The molecule has 1 aromatic heterocycles. The predicted molar refractivity (Wildman–Crippen MR) is 82.1 cm³/mol. The van der Waals surface area contributed by atoms with Gasteiger partial charge in [-0.2, -0.15) is 0 Å². The van der Waals surface area contributed by atoms with E-state index in [9.17, 15) is 9.59 Å². The number of rotatable bonds is 2. The molecule has 2 aromatic rings. The minimum absolute atomic E-state index is 0.217. The van der Waals surface area contributed by atoms with Crippen LogP contribution in [0.5, 0.6) is 0 Å². The molecule has 106 valence electrons. The van der Waals surface area contributed by atoms with Gasteiger partial charge in [-0.15, -0.1) is 0 Å². The zero-order valence-corrected chi connectivity index (χ0v) is 11.6. The summed E-state index contributed by atoms with van der Waals surface area (Å²) < 4.78 is 0. The lowest BCUT2D eigenvalue weighted by molar-refractivity contribution is 0.102. The van der Waals surface area contributed by atoms with E-state index < -0.39 is 0 Å². The van der Waals surface area contributed by atoms with Gasteiger partial charge in [0.1, 0.15) is 5.69 Å². The number of pyridine rings is 1. The van der Waals surface area contributed by atoms with Crippen LogP contribution in [-0.2, 0) is 0 Å². The van der Waals surface area contributed by atoms with E-state index in [2.05, 4.69) is 22.1 Å². The Morgan fingerprint density at radius 2 is 2.14 bits per heavy atom. The Hall–Kier alpha value is -2.84. The normalized spacial score (nSPS) is 9.62. The maximum atomic E-state index is 12.0. The molecule has 2 rings (SSSR count). The van der Waals surface area contributed by atoms with E-state index in [0.717, 1.165) is 11.1 Å². The smallest absolute Gasteiger partial charge is 0.272 e. The lowest BCUT2D eigenvalue weighted by Crippen LogP contribution is -2.18. The Bertz CT molecular complexity index is 782. The summed E-state index contributed by atoms with van der Waals surface area (Å²) in [5.41, 5.74) is 7.62. The van der Waals surface area contributed by atoms with Crippen molar-refractivity contribution in [3.8, 4) is 11.8 Å². The number of nitrogens with two attached hydrogens (primary N) is 1. The van der Waals surface area contributed by atoms with Crippen LogP contribution in [0.2, 0.25) is 0 Å². The molecule has 1 aromatic carbocycles. The molecule has 0 spiro atoms. The van der Waals surface area contributed by atoms with Crippen LogP contribution >= 0.6 is 0 Å². The van der Waals surface area contributed by atoms with Gasteiger partial charge in [-0.25, -0.2) is 0 Å². The second-order valence-electron chi connectivity index (χ2n) is 4.42. The molecule has 0 bridgehead atoms. The van der Waals surface area contributed by atoms with E-state index in [4.69, 9.17) is 5.73 Å². The minimum Gasteiger partial charge on any atom is -0.320 e. The molecule has 4 N–H and O–H groups in total. The third-order valence-electron chi connectivity index (χ3n) is 2.82. The molecule has 0 aliphatic carbocycles. The molecule has 1 amide bonds. The standard InChI is InChI=1S/C16H15N3O2/c1-11-10-12(4-3-9-17)7-8-13(11)19-16(21)14-5-2-6-15(20)18-14/h2,5-8,10H,9,17H2,1H3,(H,18,20)(H,19,21). The highest BCUT2D eigenvalue weighted by molar-refractivity contribution is 6.03. The molecule has 5 heteroatoms. The van der Waals surface area contributed by atoms with Crippen LogP contribution in [0.3, 0.4) is 0 Å². The zero-order valence-electron chi connectivity index (χ0n) is 11.6. The Kier molecular flexibility index (Phi) is 4.54. The second-order valence-corrected chi connectivity index (χ2v) is 4.42. The lowest BCUT2D eigenvalue weighted by Gasteiger charge is -2.08. The highest BCUT2D eigenvalue weighted by atomic mass is 16.2. The van der Waals surface area contributed by atoms with Crippen LogP contribution in [0.4, 0.5) is 5.69 Å². The third kappa shape index (κ3) is 3.81. The minimum atomic E-state index is -0.364. The van der Waals surface area contributed by atoms with Crippen molar-refractivity contribution in [1.29, 1.82) is 0 Å². The van der Waals surface area contributed by atoms with Crippen molar-refractivity contribution in [3.63, 3.8) is 0 Å². The first-order valence-corrected chi connectivity index (χ1v) is 6.40. The Morgan fingerprint density at radius 1 is 1.33 bits per heavy atom. The van der Waals surface area contributed by atoms with Crippen LogP contribution in [0.1, 0.15) is 21.6 Å². The fourth-order valence-electron chi connectivity index (χ4n) is 1.80. The van der Waals surface area contributed by atoms with Gasteiger partial charge in [0.15, 0.2) is 0 Å². The van der Waals surface area contributed by atoms with Crippen LogP contribution in [0.15, 0.2) is 41.2 Å². The van der Waals surface area contributed by atoms with Gasteiger partial charge < -0.3 is 16.0 Å². The number of amides is 1. The van der Waals surface area contributed by atoms with Crippen LogP contribution < -0.4 is 16.6 Å². The third-order valence-corrected chi connectivity index (χ3v) is 2.82. The maximum Gasteiger partial charge on any atom is 0.272 e. The summed E-state index contributed by atoms with van der Waals surface area (Å²) in [6, 6.07) is 9.88. The molecular weight excluding hydrogens is 266 g/mol. The van der Waals surface area contributed by atoms with Crippen molar-refractivity contribution in [2.24, 2.45) is 5.73 Å². The molecule has 1 heterocycles. The number of nitrogens with one attached hydrogen (secondary N) is 2. The summed E-state index contributed by atoms with van der Waals surface area (Å²) in [5, 5.41) is 2.76. The zero-order chi connectivity index (χ0) is 15.2. The van der Waals surface area contributed by atoms with Gasteiger partial charge in [0.2, 0.25) is 5.56 Å². The monoisotopic (exact) mass is 281 g/mol. The number of anilines is 1. The van der Waals surface area contributed by atoms with Gasteiger partial charge in [-0.1, -0.05) is 17.9 Å². The van der Waals surface area contributed by atoms with Gasteiger partial charge in [0.25, 0.3) is 5.91 Å². The largest absolute Gasteiger partial charge is 0.320 e. The highest BCUT2D eigenvalue weighted by Crippen LogP contribution is 2.16. The topological polar surface area (TPSA) is 88.0 Å². The van der Waals surface area contributed by atoms with E-state index >= 15 is 0 Å². The number of H-pyrrole nitrogens is 1. The van der Waals surface area contributed by atoms with Crippen molar-refractivity contribution in [3.05, 3.63) is 63.6 Å². The summed E-state index contributed by atoms with van der Waals surface area (Å²) in [7, 11) is 0. The number of aromatic nitrogens is 1. The fourth-order valence-corrected chi connectivity index (χ4v) is 1.80. The van der Waals surface area contributed by atoms with Gasteiger partial charge in [0.05, 0.1) is 6.54 Å². The molecule has 0 saturated carbocycles. The number of carbonyl (C=O) groups excluding carboxylic acids is 1. The number of hydrogen-bond donors (Lipinski definition) is 3. The van der Waals surface area contributed by atoms with Crippen molar-refractivity contribution in [2.75, 3.05) is 11.9 Å². The molecule has 0 aliphatic rings. The number of benzene rings is 1.